The largest absolute Gasteiger partial charge is 0.481 e. The fraction of sp³-hybridized carbons (Fsp3) is 0.750. The highest BCUT2D eigenvalue weighted by atomic mass is 16.4. The third-order valence-electron chi connectivity index (χ3n) is 4.77. The lowest BCUT2D eigenvalue weighted by atomic mass is 9.95. The number of aliphatic carboxylic acids is 1. The molecule has 2 rings (SSSR count). The van der Waals surface area contributed by atoms with Gasteiger partial charge in [0.15, 0.2) is 0 Å². The van der Waals surface area contributed by atoms with Crippen molar-refractivity contribution in [3.63, 3.8) is 0 Å². The van der Waals surface area contributed by atoms with Crippen LogP contribution in [-0.2, 0) is 9.59 Å². The van der Waals surface area contributed by atoms with E-state index in [-0.39, 0.29) is 11.8 Å². The average Bonchev–Trinajstić information content (AvgIpc) is 3.07. The van der Waals surface area contributed by atoms with E-state index in [2.05, 4.69) is 18.3 Å². The van der Waals surface area contributed by atoms with Gasteiger partial charge in [-0.3, -0.25) is 9.59 Å². The number of hydrogen-bond donors (Lipinski definition) is 2. The Balaban J connectivity index is 1.82. The number of hydrogen-bond acceptors (Lipinski definition) is 2. The zero-order valence-electron chi connectivity index (χ0n) is 12.2. The number of amides is 1. The summed E-state index contributed by atoms with van der Waals surface area (Å²) in [7, 11) is 0. The van der Waals surface area contributed by atoms with Crippen molar-refractivity contribution in [3.05, 3.63) is 11.6 Å². The van der Waals surface area contributed by atoms with Gasteiger partial charge in [-0.25, -0.2) is 0 Å². The first kappa shape index (κ1) is 15.1. The predicted octanol–water partition coefficient (Wildman–Crippen LogP) is 2.74. The van der Waals surface area contributed by atoms with Crippen LogP contribution >= 0.6 is 0 Å². The lowest BCUT2D eigenvalue weighted by molar-refractivity contribution is -0.146. The number of carboxylic acid groups (broad SMARTS) is 1. The molecule has 4 nitrogen and oxygen atoms in total. The molecule has 1 saturated carbocycles. The van der Waals surface area contributed by atoms with Crippen molar-refractivity contribution < 1.29 is 14.7 Å². The number of nitrogens with one attached hydrogen (secondary N) is 1. The van der Waals surface area contributed by atoms with Crippen LogP contribution in [0.5, 0.6) is 0 Å². The minimum absolute atomic E-state index is 0.0630. The summed E-state index contributed by atoms with van der Waals surface area (Å²) < 4.78 is 0. The Morgan fingerprint density at radius 3 is 2.70 bits per heavy atom. The molecule has 0 aromatic rings. The first-order valence-electron chi connectivity index (χ1n) is 7.80. The molecule has 0 bridgehead atoms. The van der Waals surface area contributed by atoms with E-state index in [9.17, 15) is 14.7 Å². The molecule has 2 aliphatic carbocycles. The molecule has 0 aliphatic heterocycles. The van der Waals surface area contributed by atoms with Crippen LogP contribution in [0.1, 0.15) is 51.9 Å². The first-order valence-corrected chi connectivity index (χ1v) is 7.80. The summed E-state index contributed by atoms with van der Waals surface area (Å²) in [6.07, 6.45) is 9.03. The number of carboxylic acids is 1. The normalized spacial score (nSPS) is 29.2. The Kier molecular flexibility index (Phi) is 5.21. The average molecular weight is 279 g/mol. The van der Waals surface area contributed by atoms with Gasteiger partial charge in [0.1, 0.15) is 0 Å². The summed E-state index contributed by atoms with van der Waals surface area (Å²) in [5.74, 6) is -1.34. The summed E-state index contributed by atoms with van der Waals surface area (Å²) in [6, 6.07) is 0. The molecule has 1 amide bonds. The molecule has 1 unspecified atom stereocenters. The standard InChI is InChI=1S/C16H25NO3/c1-2-11-9-13(14(10-11)16(19)20)15(18)17-8-7-12-5-3-4-6-12/h5,11,13-14H,2-4,6-10H2,1H3,(H,17,18)(H,19,20)/t11?,13-,14+/m0/s1. The molecule has 0 radical (unpaired) electrons. The summed E-state index contributed by atoms with van der Waals surface area (Å²) >= 11 is 0. The van der Waals surface area contributed by atoms with Crippen LogP contribution in [0.2, 0.25) is 0 Å². The van der Waals surface area contributed by atoms with Gasteiger partial charge in [0.05, 0.1) is 11.8 Å². The van der Waals surface area contributed by atoms with Crippen molar-refractivity contribution in [2.45, 2.75) is 51.9 Å². The van der Waals surface area contributed by atoms with Crippen molar-refractivity contribution in [1.29, 1.82) is 0 Å². The van der Waals surface area contributed by atoms with Crippen LogP contribution < -0.4 is 5.32 Å². The topological polar surface area (TPSA) is 66.4 Å². The lowest BCUT2D eigenvalue weighted by Crippen LogP contribution is -2.35. The Hall–Kier alpha value is -1.32. The zero-order valence-corrected chi connectivity index (χ0v) is 12.2. The van der Waals surface area contributed by atoms with Crippen LogP contribution in [0, 0.1) is 17.8 Å². The molecule has 0 aromatic heterocycles. The third kappa shape index (κ3) is 3.62. The quantitative estimate of drug-likeness (QED) is 0.735. The fourth-order valence-corrected chi connectivity index (χ4v) is 3.48. The smallest absolute Gasteiger partial charge is 0.307 e. The minimum atomic E-state index is -0.820. The van der Waals surface area contributed by atoms with Gasteiger partial charge < -0.3 is 10.4 Å². The molecule has 0 saturated heterocycles. The Morgan fingerprint density at radius 1 is 1.35 bits per heavy atom. The molecule has 20 heavy (non-hydrogen) atoms. The zero-order chi connectivity index (χ0) is 14.5. The third-order valence-corrected chi connectivity index (χ3v) is 4.77. The van der Waals surface area contributed by atoms with Gasteiger partial charge in [0, 0.05) is 6.54 Å². The van der Waals surface area contributed by atoms with Gasteiger partial charge >= 0.3 is 5.97 Å². The Labute approximate surface area is 120 Å². The van der Waals surface area contributed by atoms with Crippen molar-refractivity contribution in [2.75, 3.05) is 6.54 Å². The maximum Gasteiger partial charge on any atom is 0.307 e. The van der Waals surface area contributed by atoms with Crippen LogP contribution in [0.4, 0.5) is 0 Å². The molecule has 2 N–H and O–H groups in total. The molecule has 0 aromatic carbocycles. The summed E-state index contributed by atoms with van der Waals surface area (Å²) in [4.78, 5) is 23.5. The summed E-state index contributed by atoms with van der Waals surface area (Å²) in [6.45, 7) is 2.71. The van der Waals surface area contributed by atoms with E-state index in [0.29, 0.717) is 18.9 Å². The summed E-state index contributed by atoms with van der Waals surface area (Å²) in [5, 5.41) is 12.2. The Morgan fingerprint density at radius 2 is 2.10 bits per heavy atom. The fourth-order valence-electron chi connectivity index (χ4n) is 3.48. The first-order chi connectivity index (χ1) is 9.61. The SMILES string of the molecule is CCC1C[C@H](C(=O)NCCC2=CCCC2)[C@H](C(=O)O)C1. The van der Waals surface area contributed by atoms with E-state index in [0.717, 1.165) is 32.1 Å². The van der Waals surface area contributed by atoms with Crippen LogP contribution in [0.15, 0.2) is 11.6 Å². The van der Waals surface area contributed by atoms with Crippen LogP contribution in [0.3, 0.4) is 0 Å². The van der Waals surface area contributed by atoms with Crippen molar-refractivity contribution in [1.82, 2.24) is 5.32 Å². The lowest BCUT2D eigenvalue weighted by Gasteiger charge is -2.15. The maximum absolute atomic E-state index is 12.2. The van der Waals surface area contributed by atoms with Gasteiger partial charge in [-0.2, -0.15) is 0 Å². The monoisotopic (exact) mass is 279 g/mol. The maximum atomic E-state index is 12.2. The number of allylic oxidation sites excluding steroid dienone is 1. The van der Waals surface area contributed by atoms with E-state index < -0.39 is 11.9 Å². The molecule has 0 heterocycles. The van der Waals surface area contributed by atoms with E-state index in [1.54, 1.807) is 0 Å². The van der Waals surface area contributed by atoms with E-state index in [4.69, 9.17) is 0 Å². The second-order valence-electron chi connectivity index (χ2n) is 6.09. The molecule has 0 spiro atoms. The number of carbonyl (C=O) groups excluding carboxylic acids is 1. The Bertz CT molecular complexity index is 403. The number of carbonyl (C=O) groups is 2. The van der Waals surface area contributed by atoms with Crippen molar-refractivity contribution in [3.8, 4) is 0 Å². The number of rotatable bonds is 6. The van der Waals surface area contributed by atoms with Crippen molar-refractivity contribution >= 4 is 11.9 Å². The van der Waals surface area contributed by atoms with Gasteiger partial charge in [0.25, 0.3) is 0 Å². The highest BCUT2D eigenvalue weighted by Gasteiger charge is 2.41. The second kappa shape index (κ2) is 6.91. The molecule has 112 valence electrons. The highest BCUT2D eigenvalue weighted by Crippen LogP contribution is 2.38. The van der Waals surface area contributed by atoms with Gasteiger partial charge in [-0.1, -0.05) is 25.0 Å². The molecular weight excluding hydrogens is 254 g/mol. The molecule has 2 aliphatic rings. The predicted molar refractivity (Wildman–Crippen MR) is 77.2 cm³/mol. The second-order valence-corrected chi connectivity index (χ2v) is 6.09. The van der Waals surface area contributed by atoms with Crippen LogP contribution in [0.25, 0.3) is 0 Å². The van der Waals surface area contributed by atoms with E-state index in [1.807, 2.05) is 0 Å². The summed E-state index contributed by atoms with van der Waals surface area (Å²) in [5.41, 5.74) is 1.43. The van der Waals surface area contributed by atoms with E-state index >= 15 is 0 Å². The van der Waals surface area contributed by atoms with Gasteiger partial charge in [-0.05, 0) is 44.4 Å². The van der Waals surface area contributed by atoms with Crippen molar-refractivity contribution in [2.24, 2.45) is 17.8 Å². The van der Waals surface area contributed by atoms with Gasteiger partial charge in [0.2, 0.25) is 5.91 Å². The minimum Gasteiger partial charge on any atom is -0.481 e. The van der Waals surface area contributed by atoms with Gasteiger partial charge in [-0.15, -0.1) is 0 Å². The van der Waals surface area contributed by atoms with Crippen LogP contribution in [-0.4, -0.2) is 23.5 Å². The molecule has 4 heteroatoms. The highest BCUT2D eigenvalue weighted by molar-refractivity contribution is 5.85. The molecule has 3 atom stereocenters. The molecular formula is C16H25NO3. The molecule has 1 fully saturated rings. The van der Waals surface area contributed by atoms with E-state index in [1.165, 1.54) is 12.0 Å².